The van der Waals surface area contributed by atoms with Gasteiger partial charge in [-0.25, -0.2) is 18.0 Å². The van der Waals surface area contributed by atoms with E-state index in [4.69, 9.17) is 4.74 Å². The van der Waals surface area contributed by atoms with Crippen LogP contribution in [-0.4, -0.2) is 53.9 Å². The van der Waals surface area contributed by atoms with Gasteiger partial charge in [0.25, 0.3) is 0 Å². The van der Waals surface area contributed by atoms with E-state index >= 15 is 0 Å². The van der Waals surface area contributed by atoms with Crippen LogP contribution in [0.2, 0.25) is 0 Å². The monoisotopic (exact) mass is 383 g/mol. The molecule has 0 radical (unpaired) electrons. The van der Waals surface area contributed by atoms with E-state index in [9.17, 15) is 23.1 Å². The molecular formula is C18H25NO6S. The third-order valence-electron chi connectivity index (χ3n) is 4.25. The Morgan fingerprint density at radius 2 is 1.85 bits per heavy atom. The number of rotatable bonds is 3. The molecule has 8 heteroatoms. The summed E-state index contributed by atoms with van der Waals surface area (Å²) in [5.74, 6) is -1.24. The van der Waals surface area contributed by atoms with Crippen molar-refractivity contribution in [2.75, 3.05) is 6.54 Å². The Balaban J connectivity index is 2.34. The second-order valence-corrected chi connectivity index (χ2v) is 9.85. The van der Waals surface area contributed by atoms with E-state index < -0.39 is 38.8 Å². The zero-order valence-electron chi connectivity index (χ0n) is 15.6. The summed E-state index contributed by atoms with van der Waals surface area (Å²) in [7, 11) is -3.78. The molecule has 1 amide bonds. The highest BCUT2D eigenvalue weighted by Gasteiger charge is 2.47. The Bertz CT molecular complexity index is 825. The van der Waals surface area contributed by atoms with E-state index in [1.807, 2.05) is 6.92 Å². The van der Waals surface area contributed by atoms with Crippen molar-refractivity contribution in [3.63, 3.8) is 0 Å². The summed E-state index contributed by atoms with van der Waals surface area (Å²) in [4.78, 5) is 25.1. The zero-order valence-corrected chi connectivity index (χ0v) is 16.5. The molecule has 0 aromatic heterocycles. The van der Waals surface area contributed by atoms with Crippen LogP contribution in [0.4, 0.5) is 4.79 Å². The number of carbonyl (C=O) groups excluding carboxylic acids is 1. The number of likely N-dealkylation sites (tertiary alicyclic amines) is 1. The third kappa shape index (κ3) is 4.17. The fraction of sp³-hybridized carbons (Fsp3) is 0.556. The third-order valence-corrected chi connectivity index (χ3v) is 6.54. The molecule has 1 N–H and O–H groups in total. The summed E-state index contributed by atoms with van der Waals surface area (Å²) in [5, 5.41) is 8.44. The first-order valence-electron chi connectivity index (χ1n) is 8.36. The first kappa shape index (κ1) is 20.2. The standard InChI is InChI=1S/C18H25NO6S/c1-11-6-7-15(12(2)8-11)26(23,24)13-9-14(16(20)21)19(10-13)17(22)25-18(3,4)5/h6-8,13-14H,9-10H2,1-5H3,(H,20,21)/t13-,14+/m1/s1. The predicted molar refractivity (Wildman–Crippen MR) is 95.9 cm³/mol. The number of carboxylic acids is 1. The number of carboxylic acid groups (broad SMARTS) is 1. The van der Waals surface area contributed by atoms with Crippen molar-refractivity contribution in [1.29, 1.82) is 0 Å². The number of hydrogen-bond donors (Lipinski definition) is 1. The Hall–Kier alpha value is -2.09. The van der Waals surface area contributed by atoms with E-state index in [2.05, 4.69) is 0 Å². The van der Waals surface area contributed by atoms with Crippen molar-refractivity contribution in [2.24, 2.45) is 0 Å². The quantitative estimate of drug-likeness (QED) is 0.861. The highest BCUT2D eigenvalue weighted by atomic mass is 32.2. The lowest BCUT2D eigenvalue weighted by Crippen LogP contribution is -2.43. The molecule has 1 aliphatic rings. The van der Waals surface area contributed by atoms with E-state index in [0.29, 0.717) is 5.56 Å². The summed E-state index contributed by atoms with van der Waals surface area (Å²) in [6.07, 6.45) is -0.979. The molecule has 1 saturated heterocycles. The van der Waals surface area contributed by atoms with Gasteiger partial charge < -0.3 is 9.84 Å². The van der Waals surface area contributed by atoms with Crippen LogP contribution in [0.15, 0.2) is 23.1 Å². The highest BCUT2D eigenvalue weighted by Crippen LogP contribution is 2.31. The van der Waals surface area contributed by atoms with Crippen molar-refractivity contribution in [3.8, 4) is 0 Å². The molecule has 0 bridgehead atoms. The summed E-state index contributed by atoms with van der Waals surface area (Å²) in [5.41, 5.74) is 0.740. The molecule has 1 aliphatic heterocycles. The second-order valence-electron chi connectivity index (χ2n) is 7.66. The molecule has 2 rings (SSSR count). The lowest BCUT2D eigenvalue weighted by molar-refractivity contribution is -0.142. The average molecular weight is 383 g/mol. The van der Waals surface area contributed by atoms with Crippen LogP contribution in [0, 0.1) is 13.8 Å². The fourth-order valence-corrected chi connectivity index (χ4v) is 4.99. The molecule has 1 aromatic rings. The lowest BCUT2D eigenvalue weighted by Gasteiger charge is -2.26. The van der Waals surface area contributed by atoms with Crippen LogP contribution >= 0.6 is 0 Å². The fourth-order valence-electron chi connectivity index (χ4n) is 3.08. The molecular weight excluding hydrogens is 358 g/mol. The van der Waals surface area contributed by atoms with Crippen LogP contribution in [0.1, 0.15) is 38.3 Å². The van der Waals surface area contributed by atoms with Crippen LogP contribution in [0.3, 0.4) is 0 Å². The molecule has 0 saturated carbocycles. The molecule has 0 aliphatic carbocycles. The first-order valence-corrected chi connectivity index (χ1v) is 9.91. The van der Waals surface area contributed by atoms with E-state index in [1.54, 1.807) is 39.8 Å². The van der Waals surface area contributed by atoms with Crippen molar-refractivity contribution in [3.05, 3.63) is 29.3 Å². The molecule has 0 spiro atoms. The molecule has 2 atom stereocenters. The SMILES string of the molecule is Cc1ccc(S(=O)(=O)[C@@H]2C[C@@H](C(=O)O)N(C(=O)OC(C)(C)C)C2)c(C)c1. The van der Waals surface area contributed by atoms with Crippen molar-refractivity contribution >= 4 is 21.9 Å². The van der Waals surface area contributed by atoms with Crippen molar-refractivity contribution in [2.45, 2.75) is 62.8 Å². The van der Waals surface area contributed by atoms with E-state index in [-0.39, 0.29) is 17.9 Å². The molecule has 1 aromatic carbocycles. The minimum atomic E-state index is -3.78. The number of aryl methyl sites for hydroxylation is 2. The summed E-state index contributed by atoms with van der Waals surface area (Å²) in [6.45, 7) is 8.36. The minimum Gasteiger partial charge on any atom is -0.480 e. The summed E-state index contributed by atoms with van der Waals surface area (Å²) in [6, 6.07) is 3.78. The van der Waals surface area contributed by atoms with Gasteiger partial charge in [-0.1, -0.05) is 17.7 Å². The van der Waals surface area contributed by atoms with Gasteiger partial charge in [-0.05, 0) is 52.7 Å². The Morgan fingerprint density at radius 1 is 1.23 bits per heavy atom. The highest BCUT2D eigenvalue weighted by molar-refractivity contribution is 7.92. The van der Waals surface area contributed by atoms with Crippen molar-refractivity contribution in [1.82, 2.24) is 4.90 Å². The van der Waals surface area contributed by atoms with Gasteiger partial charge in [-0.2, -0.15) is 0 Å². The Kier molecular flexibility index (Phi) is 5.37. The number of hydrogen-bond acceptors (Lipinski definition) is 5. The van der Waals surface area contributed by atoms with E-state index in [0.717, 1.165) is 10.5 Å². The minimum absolute atomic E-state index is 0.162. The molecule has 7 nitrogen and oxygen atoms in total. The van der Waals surface area contributed by atoms with Gasteiger partial charge in [0.05, 0.1) is 10.1 Å². The Morgan fingerprint density at radius 3 is 2.35 bits per heavy atom. The number of amides is 1. The number of carbonyl (C=O) groups is 2. The van der Waals surface area contributed by atoms with E-state index in [1.165, 1.54) is 6.07 Å². The smallest absolute Gasteiger partial charge is 0.411 e. The summed E-state index contributed by atoms with van der Waals surface area (Å²) < 4.78 is 31.3. The second kappa shape index (κ2) is 6.90. The number of ether oxygens (including phenoxy) is 1. The summed E-state index contributed by atoms with van der Waals surface area (Å²) >= 11 is 0. The van der Waals surface area contributed by atoms with Gasteiger partial charge in [0, 0.05) is 6.54 Å². The van der Waals surface area contributed by atoms with Crippen LogP contribution < -0.4 is 0 Å². The van der Waals surface area contributed by atoms with Gasteiger partial charge in [0.2, 0.25) is 0 Å². The number of sulfone groups is 1. The lowest BCUT2D eigenvalue weighted by atomic mass is 10.2. The Labute approximate surface area is 153 Å². The van der Waals surface area contributed by atoms with Crippen molar-refractivity contribution < 1.29 is 27.9 Å². The maximum absolute atomic E-state index is 13.0. The van der Waals surface area contributed by atoms with Gasteiger partial charge >= 0.3 is 12.1 Å². The van der Waals surface area contributed by atoms with Gasteiger partial charge in [0.1, 0.15) is 11.6 Å². The molecule has 26 heavy (non-hydrogen) atoms. The number of benzene rings is 1. The normalized spacial score (nSPS) is 20.9. The predicted octanol–water partition coefficient (Wildman–Crippen LogP) is 2.54. The van der Waals surface area contributed by atoms with Gasteiger partial charge in [-0.3, -0.25) is 4.90 Å². The molecule has 1 fully saturated rings. The first-order chi connectivity index (χ1) is 11.8. The molecule has 144 valence electrons. The van der Waals surface area contributed by atoms with Crippen LogP contribution in [0.5, 0.6) is 0 Å². The maximum Gasteiger partial charge on any atom is 0.411 e. The topological polar surface area (TPSA) is 101 Å². The zero-order chi connectivity index (χ0) is 19.9. The average Bonchev–Trinajstić information content (AvgIpc) is 2.91. The maximum atomic E-state index is 13.0. The molecule has 1 heterocycles. The van der Waals surface area contributed by atoms with Gasteiger partial charge in [0.15, 0.2) is 9.84 Å². The van der Waals surface area contributed by atoms with Crippen LogP contribution in [0.25, 0.3) is 0 Å². The largest absolute Gasteiger partial charge is 0.480 e. The number of aliphatic carboxylic acids is 1. The number of nitrogens with zero attached hydrogens (tertiary/aromatic N) is 1. The van der Waals surface area contributed by atoms with Crippen LogP contribution in [-0.2, 0) is 19.4 Å². The molecule has 0 unspecified atom stereocenters. The van der Waals surface area contributed by atoms with Gasteiger partial charge in [-0.15, -0.1) is 0 Å².